The lowest BCUT2D eigenvalue weighted by Gasteiger charge is -2.35. The Kier molecular flexibility index (Phi) is 5.77. The van der Waals surface area contributed by atoms with Crippen LogP contribution in [0.5, 0.6) is 0 Å². The number of nitrogens with one attached hydrogen (secondary N) is 1. The quantitative estimate of drug-likeness (QED) is 0.609. The first-order valence-electron chi connectivity index (χ1n) is 11.1. The third kappa shape index (κ3) is 4.36. The first kappa shape index (κ1) is 23.0. The third-order valence-corrected chi connectivity index (χ3v) is 6.64. The Morgan fingerprint density at radius 3 is 2.50 bits per heavy atom. The molecule has 3 aliphatic rings. The van der Waals surface area contributed by atoms with Crippen LogP contribution in [0.25, 0.3) is 0 Å². The van der Waals surface area contributed by atoms with Gasteiger partial charge in [0, 0.05) is 31.5 Å². The monoisotopic (exact) mass is 455 g/mol. The van der Waals surface area contributed by atoms with Gasteiger partial charge in [0.2, 0.25) is 11.8 Å². The van der Waals surface area contributed by atoms with E-state index in [9.17, 15) is 28.6 Å². The smallest absolute Gasteiger partial charge is 0.275 e. The molecule has 0 bridgehead atoms. The summed E-state index contributed by atoms with van der Waals surface area (Å²) < 4.78 is 28.8. The van der Waals surface area contributed by atoms with Crippen LogP contribution in [-0.4, -0.2) is 78.7 Å². The number of aliphatic hydroxyl groups is 2. The zero-order chi connectivity index (χ0) is 23.4. The standard InChI is InChI=1S/C21H31F2N5O4/c1-20(2,3)16(28-10-14(25-26-28)11-4-5-11)19(32)27-9-12(29)8-15(27)18(31)24-13-6-7-21(22,23)17(13)30/h10-13,15-17,29-30H,4-9H2,1-3H3,(H,24,31)/t12-,13-,15+,16-,17+/m1/s1. The van der Waals surface area contributed by atoms with Gasteiger partial charge in [-0.1, -0.05) is 26.0 Å². The van der Waals surface area contributed by atoms with E-state index < -0.39 is 59.9 Å². The van der Waals surface area contributed by atoms with E-state index in [0.29, 0.717) is 5.92 Å². The highest BCUT2D eigenvalue weighted by molar-refractivity contribution is 5.90. The van der Waals surface area contributed by atoms with Crippen molar-refractivity contribution >= 4 is 11.8 Å². The summed E-state index contributed by atoms with van der Waals surface area (Å²) in [5.41, 5.74) is 0.267. The molecule has 2 aliphatic carbocycles. The fourth-order valence-electron chi connectivity index (χ4n) is 4.70. The van der Waals surface area contributed by atoms with Crippen LogP contribution in [0.15, 0.2) is 6.20 Å². The molecule has 9 nitrogen and oxygen atoms in total. The number of aliphatic hydroxyl groups excluding tert-OH is 2. The molecule has 2 saturated carbocycles. The number of hydrogen-bond acceptors (Lipinski definition) is 6. The number of amides is 2. The third-order valence-electron chi connectivity index (χ3n) is 6.64. The van der Waals surface area contributed by atoms with Crippen molar-refractivity contribution in [3.8, 4) is 0 Å². The Balaban J connectivity index is 1.53. The van der Waals surface area contributed by atoms with Gasteiger partial charge in [0.1, 0.15) is 18.2 Å². The van der Waals surface area contributed by atoms with Crippen LogP contribution < -0.4 is 5.32 Å². The van der Waals surface area contributed by atoms with Gasteiger partial charge in [-0.3, -0.25) is 9.59 Å². The molecule has 1 aliphatic heterocycles. The van der Waals surface area contributed by atoms with Crippen molar-refractivity contribution < 1.29 is 28.6 Å². The first-order chi connectivity index (χ1) is 14.9. The zero-order valence-corrected chi connectivity index (χ0v) is 18.5. The molecule has 1 aromatic heterocycles. The highest BCUT2D eigenvalue weighted by atomic mass is 19.3. The van der Waals surface area contributed by atoms with Gasteiger partial charge >= 0.3 is 0 Å². The fraction of sp³-hybridized carbons (Fsp3) is 0.810. The lowest BCUT2D eigenvalue weighted by Crippen LogP contribution is -2.54. The number of rotatable bonds is 5. The summed E-state index contributed by atoms with van der Waals surface area (Å²) in [6.45, 7) is 5.60. The zero-order valence-electron chi connectivity index (χ0n) is 18.5. The molecule has 0 unspecified atom stereocenters. The number of carbonyl (C=O) groups is 2. The molecule has 4 rings (SSSR count). The highest BCUT2D eigenvalue weighted by Crippen LogP contribution is 2.40. The molecule has 1 aromatic rings. The maximum Gasteiger partial charge on any atom is 0.275 e. The Morgan fingerprint density at radius 1 is 1.25 bits per heavy atom. The SMILES string of the molecule is CC(C)(C)[C@@H](C(=O)N1C[C@H](O)C[C@H]1C(=O)N[C@@H]1CCC(F)(F)[C@H]1O)n1cc(C2CC2)nn1. The lowest BCUT2D eigenvalue weighted by molar-refractivity contribution is -0.145. The van der Waals surface area contributed by atoms with E-state index in [4.69, 9.17) is 0 Å². The van der Waals surface area contributed by atoms with E-state index in [1.165, 1.54) is 9.58 Å². The molecule has 0 spiro atoms. The molecule has 3 N–H and O–H groups in total. The molecule has 0 radical (unpaired) electrons. The van der Waals surface area contributed by atoms with Crippen molar-refractivity contribution in [2.75, 3.05) is 6.54 Å². The summed E-state index contributed by atoms with van der Waals surface area (Å²) in [4.78, 5) is 27.9. The van der Waals surface area contributed by atoms with Crippen LogP contribution in [-0.2, 0) is 9.59 Å². The van der Waals surface area contributed by atoms with E-state index in [1.807, 2.05) is 20.8 Å². The summed E-state index contributed by atoms with van der Waals surface area (Å²) in [6, 6.07) is -2.87. The van der Waals surface area contributed by atoms with E-state index in [0.717, 1.165) is 18.5 Å². The van der Waals surface area contributed by atoms with Gasteiger partial charge in [-0.15, -0.1) is 5.10 Å². The minimum Gasteiger partial charge on any atom is -0.391 e. The normalized spacial score (nSPS) is 31.0. The predicted octanol–water partition coefficient (Wildman–Crippen LogP) is 0.979. The van der Waals surface area contributed by atoms with E-state index >= 15 is 0 Å². The molecule has 32 heavy (non-hydrogen) atoms. The molecular formula is C21H31F2N5O4. The van der Waals surface area contributed by atoms with E-state index in [-0.39, 0.29) is 19.4 Å². The summed E-state index contributed by atoms with van der Waals surface area (Å²) >= 11 is 0. The first-order valence-corrected chi connectivity index (χ1v) is 11.1. The molecule has 178 valence electrons. The Morgan fingerprint density at radius 2 is 1.94 bits per heavy atom. The summed E-state index contributed by atoms with van der Waals surface area (Å²) in [7, 11) is 0. The van der Waals surface area contributed by atoms with Gasteiger partial charge in [-0.05, 0) is 24.7 Å². The number of likely N-dealkylation sites (tertiary alicyclic amines) is 1. The van der Waals surface area contributed by atoms with Crippen molar-refractivity contribution in [2.45, 2.75) is 95.0 Å². The number of halogens is 2. The minimum atomic E-state index is -3.26. The number of alkyl halides is 2. The summed E-state index contributed by atoms with van der Waals surface area (Å²) in [5, 5.41) is 30.9. The van der Waals surface area contributed by atoms with E-state index in [2.05, 4.69) is 15.6 Å². The Bertz CT molecular complexity index is 882. The number of aromatic nitrogens is 3. The second-order valence-corrected chi connectivity index (χ2v) is 10.4. The van der Waals surface area contributed by atoms with Crippen molar-refractivity contribution in [3.05, 3.63) is 11.9 Å². The molecule has 11 heteroatoms. The number of β-amino-alcohol motifs (C(OH)–C–C–N with tert-alkyl or cyclic N) is 1. The van der Waals surface area contributed by atoms with Gasteiger partial charge in [0.15, 0.2) is 0 Å². The molecule has 1 saturated heterocycles. The summed E-state index contributed by atoms with van der Waals surface area (Å²) in [6.07, 6.45) is 0.387. The average Bonchev–Trinajstić information content (AvgIpc) is 3.21. The van der Waals surface area contributed by atoms with Gasteiger partial charge in [-0.2, -0.15) is 0 Å². The largest absolute Gasteiger partial charge is 0.391 e. The van der Waals surface area contributed by atoms with Gasteiger partial charge in [-0.25, -0.2) is 13.5 Å². The maximum atomic E-state index is 13.6. The van der Waals surface area contributed by atoms with Crippen LogP contribution >= 0.6 is 0 Å². The van der Waals surface area contributed by atoms with Crippen LogP contribution in [0.1, 0.15) is 70.5 Å². The fourth-order valence-corrected chi connectivity index (χ4v) is 4.70. The number of carbonyl (C=O) groups excluding carboxylic acids is 2. The molecular weight excluding hydrogens is 424 g/mol. The molecule has 0 aromatic carbocycles. The van der Waals surface area contributed by atoms with Crippen molar-refractivity contribution in [3.63, 3.8) is 0 Å². The summed E-state index contributed by atoms with van der Waals surface area (Å²) in [5.74, 6) is -3.94. The van der Waals surface area contributed by atoms with Crippen molar-refractivity contribution in [1.29, 1.82) is 0 Å². The van der Waals surface area contributed by atoms with Gasteiger partial charge in [0.25, 0.3) is 5.92 Å². The molecule has 2 amide bonds. The predicted molar refractivity (Wildman–Crippen MR) is 109 cm³/mol. The van der Waals surface area contributed by atoms with Crippen LogP contribution in [0, 0.1) is 5.41 Å². The molecule has 2 heterocycles. The Labute approximate surface area is 185 Å². The minimum absolute atomic E-state index is 0.00166. The van der Waals surface area contributed by atoms with Gasteiger partial charge in [0.05, 0.1) is 17.8 Å². The molecule has 5 atom stereocenters. The highest BCUT2D eigenvalue weighted by Gasteiger charge is 2.51. The number of nitrogens with zero attached hydrogens (tertiary/aromatic N) is 4. The topological polar surface area (TPSA) is 121 Å². The van der Waals surface area contributed by atoms with Crippen LogP contribution in [0.2, 0.25) is 0 Å². The lowest BCUT2D eigenvalue weighted by atomic mass is 9.85. The van der Waals surface area contributed by atoms with Crippen molar-refractivity contribution in [1.82, 2.24) is 25.2 Å². The second kappa shape index (κ2) is 8.02. The second-order valence-electron chi connectivity index (χ2n) is 10.4. The van der Waals surface area contributed by atoms with E-state index in [1.54, 1.807) is 6.20 Å². The van der Waals surface area contributed by atoms with Gasteiger partial charge < -0.3 is 20.4 Å². The average molecular weight is 456 g/mol. The Hall–Kier alpha value is -2.14. The van der Waals surface area contributed by atoms with Crippen molar-refractivity contribution in [2.24, 2.45) is 5.41 Å². The van der Waals surface area contributed by atoms with Crippen LogP contribution in [0.4, 0.5) is 8.78 Å². The molecule has 3 fully saturated rings. The number of hydrogen-bond donors (Lipinski definition) is 3. The van der Waals surface area contributed by atoms with Crippen LogP contribution in [0.3, 0.4) is 0 Å². The maximum absolute atomic E-state index is 13.6.